The van der Waals surface area contributed by atoms with Gasteiger partial charge in [-0.3, -0.25) is 0 Å². The van der Waals surface area contributed by atoms with Gasteiger partial charge in [0, 0.05) is 18.2 Å². The Kier molecular flexibility index (Phi) is 23.7. The van der Waals surface area contributed by atoms with E-state index in [1.807, 2.05) is 0 Å². The van der Waals surface area contributed by atoms with Gasteiger partial charge in [0.05, 0.1) is 33.4 Å². The molecule has 4 rings (SSSR count). The van der Waals surface area contributed by atoms with Gasteiger partial charge < -0.3 is 28.4 Å². The van der Waals surface area contributed by atoms with Crippen LogP contribution in [0, 0.1) is 69.8 Å². The number of benzene rings is 3. The molecule has 1 aromatic heterocycles. The molecule has 4 aromatic rings. The minimum Gasteiger partial charge on any atom is -0.458 e. The summed E-state index contributed by atoms with van der Waals surface area (Å²) in [5, 5.41) is 0. The van der Waals surface area contributed by atoms with Crippen LogP contribution < -0.4 is 0 Å². The fourth-order valence-electron chi connectivity index (χ4n) is 7.78. The maximum absolute atomic E-state index is 16.2. The van der Waals surface area contributed by atoms with Crippen LogP contribution in [-0.4, -0.2) is 127 Å². The lowest BCUT2D eigenvalue weighted by Gasteiger charge is -2.32. The van der Waals surface area contributed by atoms with Gasteiger partial charge in [-0.1, -0.05) is 19.7 Å². The van der Waals surface area contributed by atoms with E-state index in [4.69, 9.17) is 0 Å². The Labute approximate surface area is 535 Å². The lowest BCUT2D eigenvalue weighted by atomic mass is 9.87. The zero-order valence-corrected chi connectivity index (χ0v) is 47.4. The molecule has 0 aliphatic rings. The monoisotopic (exact) mass is 1550 g/mol. The molecule has 0 saturated heterocycles. The lowest BCUT2D eigenvalue weighted by molar-refractivity contribution is -0.252. The van der Waals surface area contributed by atoms with E-state index in [0.717, 1.165) is 0 Å². The second kappa shape index (κ2) is 28.5. The van der Waals surface area contributed by atoms with Crippen LogP contribution in [0.15, 0.2) is 38.0 Å². The van der Waals surface area contributed by atoms with Crippen molar-refractivity contribution in [3.8, 4) is 0 Å². The summed E-state index contributed by atoms with van der Waals surface area (Å²) in [6, 6.07) is 0. The van der Waals surface area contributed by atoms with Crippen molar-refractivity contribution in [3.63, 3.8) is 0 Å². The highest BCUT2D eigenvalue weighted by atomic mass is 19.4. The average Bonchev–Trinajstić information content (AvgIpc) is 0.732. The molecule has 3 aromatic carbocycles. The zero-order chi connectivity index (χ0) is 79.3. The molecule has 0 radical (unpaired) electrons. The molecule has 1 heterocycles. The third-order valence-electron chi connectivity index (χ3n) is 13.0. The SMILES string of the molecule is C=CC(=O)OCC(F)(c1c(F)c(F)c(C(F)(COC(=O)c2nc(C(=O)OCC(F)(c3c(F)c(F)c(C(F)(COC(=O)C=C)C(F)(F)F)c(F)c3F)C(F)(F)F)nc(C(=O)OCC(F)(c3c(F)c(F)c(C(F)(COC(=O)C=C)C(F)(F)F)c(F)c3F)C(F)(F)F)n2)C(F)(F)F)c(F)c1F)C(F)(F)F. The van der Waals surface area contributed by atoms with Crippen molar-refractivity contribution in [1.29, 1.82) is 0 Å². The molecule has 15 nitrogen and oxygen atoms in total. The molecule has 0 amide bonds. The quantitative estimate of drug-likeness (QED) is 0.0211. The minimum atomic E-state index is -7.46. The standard InChI is InChI=1S/C51H21F36N3O12/c1-4-13(91)97-7-40(64,46(70,71)72)16-22(52)28(58)19(29(59)23(16)53)43(67,49(79,80)81)10-100-37(94)34-88-35(38(95)101-11-44(68,50(82,83)84)20-30(60)24(54)17(25(55)31(20)61)41(65,47(73,74)75)8-98-14(92)5-2)90-36(89-34)39(96)102-12-45(69,51(85,86)87)21-32(62)26(56)18(27(57)33(21)63)42(66,48(76,77)78)9-99-15(93)6-3/h4-6H,1-3,7-12H2. The summed E-state index contributed by atoms with van der Waals surface area (Å²) < 4.78 is 558. The fourth-order valence-corrected chi connectivity index (χ4v) is 7.78. The highest BCUT2D eigenvalue weighted by Gasteiger charge is 2.70. The molecule has 6 unspecified atom stereocenters. The van der Waals surface area contributed by atoms with E-state index in [1.165, 1.54) is 0 Å². The summed E-state index contributed by atoms with van der Waals surface area (Å²) in [5.74, 6) is -75.3. The van der Waals surface area contributed by atoms with Crippen LogP contribution in [0.3, 0.4) is 0 Å². The van der Waals surface area contributed by atoms with Crippen molar-refractivity contribution in [1.82, 2.24) is 15.0 Å². The maximum Gasteiger partial charge on any atom is 0.430 e. The first-order valence-corrected chi connectivity index (χ1v) is 24.8. The topological polar surface area (TPSA) is 196 Å². The van der Waals surface area contributed by atoms with E-state index < -0.39 is 267 Å². The molecular weight excluding hydrogens is 1530 g/mol. The largest absolute Gasteiger partial charge is 0.458 e. The number of carbonyl (C=O) groups excluding carboxylic acids is 6. The van der Waals surface area contributed by atoms with Crippen LogP contribution in [0.1, 0.15) is 65.2 Å². The Morgan fingerprint density at radius 1 is 0.245 bits per heavy atom. The second-order valence-electron chi connectivity index (χ2n) is 19.3. The van der Waals surface area contributed by atoms with Gasteiger partial charge in [-0.05, 0) is 0 Å². The number of ether oxygens (including phenoxy) is 6. The number of aromatic nitrogens is 3. The molecule has 6 atom stereocenters. The summed E-state index contributed by atoms with van der Waals surface area (Å²) in [6.07, 6.45) is -43.8. The zero-order valence-electron chi connectivity index (χ0n) is 47.4. The van der Waals surface area contributed by atoms with Crippen LogP contribution in [0.5, 0.6) is 0 Å². The number of alkyl halides is 24. The summed E-state index contributed by atoms with van der Waals surface area (Å²) >= 11 is 0. The maximum atomic E-state index is 16.2. The van der Waals surface area contributed by atoms with Crippen molar-refractivity contribution < 1.29 is 215 Å². The van der Waals surface area contributed by atoms with E-state index in [-0.39, 0.29) is 18.2 Å². The van der Waals surface area contributed by atoms with Gasteiger partial charge in [-0.2, -0.15) is 94.0 Å². The van der Waals surface area contributed by atoms with E-state index in [1.54, 1.807) is 0 Å². The Morgan fingerprint density at radius 2 is 0.363 bits per heavy atom. The molecule has 0 aliphatic heterocycles. The van der Waals surface area contributed by atoms with Crippen molar-refractivity contribution in [2.24, 2.45) is 0 Å². The molecule has 0 N–H and O–H groups in total. The van der Waals surface area contributed by atoms with Crippen molar-refractivity contribution in [2.45, 2.75) is 71.1 Å². The van der Waals surface area contributed by atoms with Gasteiger partial charge in [0.1, 0.15) is 39.6 Å². The Morgan fingerprint density at radius 3 is 0.471 bits per heavy atom. The smallest absolute Gasteiger partial charge is 0.430 e. The second-order valence-corrected chi connectivity index (χ2v) is 19.3. The molecule has 0 bridgehead atoms. The van der Waals surface area contributed by atoms with Gasteiger partial charge in [-0.15, -0.1) is 0 Å². The van der Waals surface area contributed by atoms with E-state index >= 15 is 79.0 Å². The first-order valence-electron chi connectivity index (χ1n) is 24.8. The number of esters is 6. The number of hydrogen-bond donors (Lipinski definition) is 0. The highest BCUT2D eigenvalue weighted by molar-refractivity contribution is 5.92. The summed E-state index contributed by atoms with van der Waals surface area (Å²) in [5.41, 5.74) is -61.9. The molecular formula is C51H21F36N3O12. The van der Waals surface area contributed by atoms with E-state index in [0.29, 0.717) is 0 Å². The van der Waals surface area contributed by atoms with Gasteiger partial charge in [0.2, 0.25) is 17.5 Å². The van der Waals surface area contributed by atoms with Gasteiger partial charge in [-0.25, -0.2) is 108 Å². The number of halogens is 36. The van der Waals surface area contributed by atoms with Gasteiger partial charge >= 0.3 is 72.9 Å². The molecule has 102 heavy (non-hydrogen) atoms. The van der Waals surface area contributed by atoms with Gasteiger partial charge in [0.25, 0.3) is 34.0 Å². The Balaban J connectivity index is 2.04. The molecule has 0 saturated carbocycles. The number of rotatable bonds is 24. The number of carbonyl (C=O) groups is 6. The first-order chi connectivity index (χ1) is 46.0. The van der Waals surface area contributed by atoms with Crippen molar-refractivity contribution >= 4 is 35.8 Å². The first kappa shape index (κ1) is 84.6. The predicted molar refractivity (Wildman–Crippen MR) is 246 cm³/mol. The van der Waals surface area contributed by atoms with Crippen molar-refractivity contribution in [3.05, 3.63) is 159 Å². The normalized spacial score (nSPS) is 16.1. The average molecular weight is 1550 g/mol. The van der Waals surface area contributed by atoms with Crippen LogP contribution in [-0.2, 0) is 76.8 Å². The lowest BCUT2D eigenvalue weighted by Crippen LogP contribution is -2.47. The molecule has 51 heteroatoms. The van der Waals surface area contributed by atoms with Gasteiger partial charge in [0.15, 0.2) is 69.8 Å². The number of hydrogen-bond acceptors (Lipinski definition) is 15. The third kappa shape index (κ3) is 15.1. The van der Waals surface area contributed by atoms with E-state index in [2.05, 4.69) is 63.1 Å². The Hall–Kier alpha value is -9.81. The summed E-state index contributed by atoms with van der Waals surface area (Å²) in [6.45, 7) is -13.4. The Bertz CT molecular complexity index is 3560. The molecule has 0 fully saturated rings. The van der Waals surface area contributed by atoms with Crippen LogP contribution in [0.4, 0.5) is 158 Å². The predicted octanol–water partition coefficient (Wildman–Crippen LogP) is 13.7. The van der Waals surface area contributed by atoms with Crippen LogP contribution in [0.2, 0.25) is 0 Å². The third-order valence-corrected chi connectivity index (χ3v) is 13.0. The van der Waals surface area contributed by atoms with Crippen LogP contribution in [0.25, 0.3) is 0 Å². The molecule has 564 valence electrons. The molecule has 0 spiro atoms. The molecule has 0 aliphatic carbocycles. The highest BCUT2D eigenvalue weighted by Crippen LogP contribution is 2.55. The van der Waals surface area contributed by atoms with Crippen LogP contribution >= 0.6 is 0 Å². The number of nitrogens with zero attached hydrogens (tertiary/aromatic N) is 3. The summed E-state index contributed by atoms with van der Waals surface area (Å²) in [4.78, 5) is 80.7. The fraction of sp³-hybridized carbons (Fsp3) is 0.353. The summed E-state index contributed by atoms with van der Waals surface area (Å²) in [7, 11) is 0. The van der Waals surface area contributed by atoms with Crippen molar-refractivity contribution in [2.75, 3.05) is 39.6 Å². The van der Waals surface area contributed by atoms with E-state index in [9.17, 15) is 108 Å². The minimum absolute atomic E-state index is 0.125.